The van der Waals surface area contributed by atoms with Gasteiger partial charge in [-0.25, -0.2) is 0 Å². The van der Waals surface area contributed by atoms with Crippen molar-refractivity contribution in [1.29, 1.82) is 0 Å². The summed E-state index contributed by atoms with van der Waals surface area (Å²) in [7, 11) is 1.45. The zero-order valence-electron chi connectivity index (χ0n) is 20.1. The van der Waals surface area contributed by atoms with Crippen LogP contribution in [0.5, 0.6) is 5.75 Å². The number of ether oxygens (including phenoxy) is 1. The van der Waals surface area contributed by atoms with E-state index in [1.54, 1.807) is 32.9 Å². The van der Waals surface area contributed by atoms with Crippen molar-refractivity contribution in [3.63, 3.8) is 0 Å². The molecule has 1 aromatic carbocycles. The van der Waals surface area contributed by atoms with Crippen LogP contribution in [0, 0.1) is 44.1 Å². The van der Waals surface area contributed by atoms with Gasteiger partial charge in [-0.15, -0.1) is 0 Å². The normalized spacial score (nSPS) is 17.4. The molecule has 1 unspecified atom stereocenters. The smallest absolute Gasteiger partial charge is 0.325 e. The summed E-state index contributed by atoms with van der Waals surface area (Å²) in [6, 6.07) is 3.79. The second-order valence-corrected chi connectivity index (χ2v) is 8.18. The molecule has 36 heavy (non-hydrogen) atoms. The van der Waals surface area contributed by atoms with Crippen molar-refractivity contribution in [3.05, 3.63) is 23.8 Å². The summed E-state index contributed by atoms with van der Waals surface area (Å²) in [5, 5.41) is 34.2. The maximum atomic E-state index is 12.5. The Hall–Kier alpha value is -1.49. The average molecular weight is 735 g/mol. The standard InChI is InChI=1S/C22H31N5O7S.Ac/c1-34-18-3-2-16(24-15-35)12-17(18)21(22(32)33)27-7-5-23-4-6-25(13-19(28)29)8-9-26(10-11-27)14-20(30)31;/h2-3,12,21,23H,4-11,13-14H2,1H3,(H,28,29)(H,30,31)(H,32,33);/i;1-2. The minimum absolute atomic E-state index is 0. The molecule has 1 aliphatic rings. The number of isothiocyanates is 1. The Bertz CT molecular complexity index is 947. The number of hydrogen-bond donors (Lipinski definition) is 4. The average Bonchev–Trinajstić information content (AvgIpc) is 2.78. The quantitative estimate of drug-likeness (QED) is 0.203. The molecule has 0 amide bonds. The number of aliphatic imine (C=N–C) groups is 1. The van der Waals surface area contributed by atoms with Crippen molar-refractivity contribution >= 4 is 41.0 Å². The second kappa shape index (κ2) is 17.1. The van der Waals surface area contributed by atoms with Crippen LogP contribution in [0.1, 0.15) is 11.6 Å². The van der Waals surface area contributed by atoms with Crippen molar-refractivity contribution in [1.82, 2.24) is 20.0 Å². The monoisotopic (exact) mass is 734 g/mol. The molecule has 2 rings (SSSR count). The zero-order valence-corrected chi connectivity index (χ0v) is 25.7. The van der Waals surface area contributed by atoms with Crippen molar-refractivity contribution < 1.29 is 78.5 Å². The van der Waals surface area contributed by atoms with E-state index in [9.17, 15) is 24.6 Å². The molecule has 14 heteroatoms. The van der Waals surface area contributed by atoms with Crippen LogP contribution in [0.3, 0.4) is 0 Å². The summed E-state index contributed by atoms with van der Waals surface area (Å²) in [6.07, 6.45) is 0. The molecule has 0 saturated carbocycles. The maximum absolute atomic E-state index is 12.5. The second-order valence-electron chi connectivity index (χ2n) is 8.00. The molecule has 4 N–H and O–H groups in total. The van der Waals surface area contributed by atoms with Gasteiger partial charge >= 0.3 is 17.9 Å². The van der Waals surface area contributed by atoms with Gasteiger partial charge in [0.05, 0.1) is 31.0 Å². The van der Waals surface area contributed by atoms with Crippen LogP contribution in [0.25, 0.3) is 0 Å². The number of carbonyl (C=O) groups is 3. The van der Waals surface area contributed by atoms with E-state index in [0.29, 0.717) is 56.3 Å². The summed E-state index contributed by atoms with van der Waals surface area (Å²) in [4.78, 5) is 44.2. The van der Waals surface area contributed by atoms with E-state index in [1.807, 2.05) is 0 Å². The van der Waals surface area contributed by atoms with Crippen LogP contribution in [0.4, 0.5) is 5.69 Å². The first-order valence-corrected chi connectivity index (χ1v) is 11.5. The van der Waals surface area contributed by atoms with Gasteiger partial charge in [-0.2, -0.15) is 4.99 Å². The molecule has 1 radical (unpaired) electrons. The first-order chi connectivity index (χ1) is 16.7. The molecule has 1 heterocycles. The van der Waals surface area contributed by atoms with E-state index < -0.39 is 23.9 Å². The fraction of sp³-hybridized carbons (Fsp3) is 0.545. The van der Waals surface area contributed by atoms with Gasteiger partial charge in [-0.05, 0) is 30.4 Å². The first-order valence-electron chi connectivity index (χ1n) is 11.1. The molecular weight excluding hydrogens is 703 g/mol. The third-order valence-corrected chi connectivity index (χ3v) is 5.71. The third kappa shape index (κ3) is 10.9. The van der Waals surface area contributed by atoms with Crippen molar-refractivity contribution in [2.45, 2.75) is 6.04 Å². The van der Waals surface area contributed by atoms with Crippen LogP contribution in [-0.2, 0) is 14.4 Å². The van der Waals surface area contributed by atoms with Crippen LogP contribution >= 0.6 is 12.2 Å². The fourth-order valence-electron chi connectivity index (χ4n) is 3.97. The number of benzene rings is 1. The van der Waals surface area contributed by atoms with E-state index in [2.05, 4.69) is 27.7 Å². The van der Waals surface area contributed by atoms with E-state index in [1.165, 1.54) is 7.11 Å². The number of hydrogen-bond acceptors (Lipinski definition) is 10. The summed E-state index contributed by atoms with van der Waals surface area (Å²) >= 11 is 4.67. The number of thiocarbonyl (C=S) groups is 1. The number of rotatable bonds is 9. The number of carboxylic acids is 3. The van der Waals surface area contributed by atoms with Gasteiger partial charge in [0.2, 0.25) is 0 Å². The van der Waals surface area contributed by atoms with Crippen LogP contribution < -0.4 is 10.1 Å². The number of nitrogens with one attached hydrogen (secondary N) is 1. The van der Waals surface area contributed by atoms with Crippen LogP contribution in [0.15, 0.2) is 23.2 Å². The van der Waals surface area contributed by atoms with Gasteiger partial charge in [0.15, 0.2) is 0 Å². The molecule has 1 aliphatic heterocycles. The Morgan fingerprint density at radius 2 is 1.61 bits per heavy atom. The Labute approximate surface area is 250 Å². The summed E-state index contributed by atoms with van der Waals surface area (Å²) in [6.45, 7) is 2.60. The molecule has 0 bridgehead atoms. The van der Waals surface area contributed by atoms with Crippen molar-refractivity contribution in [2.24, 2.45) is 4.99 Å². The number of nitrogens with zero attached hydrogens (tertiary/aromatic N) is 4. The first kappa shape index (κ1) is 32.5. The molecule has 1 atom stereocenters. The fourth-order valence-corrected chi connectivity index (χ4v) is 4.08. The number of carboxylic acid groups (broad SMARTS) is 3. The van der Waals surface area contributed by atoms with Gasteiger partial charge < -0.3 is 25.4 Å². The SMILES string of the molecule is COc1ccc(N=C=S)cc1C(C(=O)O)N1CCNCCN(CC(=O)O)CCN(CC(=O)O)CC1.[225Ac]. The van der Waals surface area contributed by atoms with Crippen LogP contribution in [-0.4, -0.2) is 126 Å². The molecule has 195 valence electrons. The van der Waals surface area contributed by atoms with Gasteiger partial charge in [-0.3, -0.25) is 29.1 Å². The Balaban J connectivity index is 0.00000648. The Kier molecular flexibility index (Phi) is 15.5. The predicted octanol–water partition coefficient (Wildman–Crippen LogP) is 0.234. The van der Waals surface area contributed by atoms with Gasteiger partial charge in [0.25, 0.3) is 0 Å². The van der Waals surface area contributed by atoms with E-state index in [-0.39, 0.29) is 70.2 Å². The molecule has 0 aliphatic carbocycles. The maximum Gasteiger partial charge on any atom is 0.325 e. The molecule has 1 fully saturated rings. The molecule has 0 spiro atoms. The molecule has 0 aromatic heterocycles. The van der Waals surface area contributed by atoms with Crippen LogP contribution in [0.2, 0.25) is 0 Å². The minimum Gasteiger partial charge on any atom is -0.496 e. The van der Waals surface area contributed by atoms with E-state index >= 15 is 0 Å². The largest absolute Gasteiger partial charge is 0.496 e. The summed E-state index contributed by atoms with van der Waals surface area (Å²) < 4.78 is 5.42. The molecular formula is C22H31AcN5O7S. The number of aliphatic carboxylic acids is 3. The van der Waals surface area contributed by atoms with Gasteiger partial charge in [-0.1, -0.05) is 0 Å². The zero-order chi connectivity index (χ0) is 25.8. The third-order valence-electron chi connectivity index (χ3n) is 5.62. The van der Waals surface area contributed by atoms with Gasteiger partial charge in [0, 0.05) is 102 Å². The minimum atomic E-state index is -1.09. The summed E-state index contributed by atoms with van der Waals surface area (Å²) in [5.74, 6) is -2.67. The van der Waals surface area contributed by atoms with E-state index in [0.717, 1.165) is 0 Å². The Morgan fingerprint density at radius 1 is 1.03 bits per heavy atom. The Morgan fingerprint density at radius 3 is 2.17 bits per heavy atom. The van der Waals surface area contributed by atoms with Crippen molar-refractivity contribution in [2.75, 3.05) is 72.6 Å². The van der Waals surface area contributed by atoms with Crippen molar-refractivity contribution in [3.8, 4) is 5.75 Å². The molecule has 1 saturated heterocycles. The molecule has 12 nitrogen and oxygen atoms in total. The van der Waals surface area contributed by atoms with Gasteiger partial charge in [0.1, 0.15) is 11.8 Å². The molecule has 1 aromatic rings. The summed E-state index contributed by atoms with van der Waals surface area (Å²) in [5.41, 5.74) is 0.844. The number of methoxy groups -OCH3 is 1. The topological polar surface area (TPSA) is 155 Å². The predicted molar refractivity (Wildman–Crippen MR) is 131 cm³/mol. The van der Waals surface area contributed by atoms with E-state index in [4.69, 9.17) is 9.84 Å².